The highest BCUT2D eigenvalue weighted by Gasteiger charge is 2.26. The zero-order valence-corrected chi connectivity index (χ0v) is 14.9. The Labute approximate surface area is 155 Å². The molecule has 1 fully saturated rings. The summed E-state index contributed by atoms with van der Waals surface area (Å²) in [5.41, 5.74) is 1.71. The molecule has 4 rings (SSSR count). The molecule has 0 unspecified atom stereocenters. The predicted molar refractivity (Wildman–Crippen MR) is 93.7 cm³/mol. The average Bonchev–Trinajstić information content (AvgIpc) is 3.17. The van der Waals surface area contributed by atoms with Gasteiger partial charge in [-0.05, 0) is 32.4 Å². The fourth-order valence-electron chi connectivity index (χ4n) is 3.33. The molecule has 0 bridgehead atoms. The molecule has 1 aromatic carbocycles. The molecule has 3 aromatic rings. The highest BCUT2D eigenvalue weighted by atomic mass is 19.2. The van der Waals surface area contributed by atoms with Crippen LogP contribution in [0.3, 0.4) is 0 Å². The van der Waals surface area contributed by atoms with Crippen LogP contribution in [-0.2, 0) is 6.54 Å². The van der Waals surface area contributed by atoms with Gasteiger partial charge in [-0.25, -0.2) is 13.8 Å². The number of likely N-dealkylation sites (tertiary alicyclic amines) is 1. The first-order chi connectivity index (χ1) is 13.1. The standard InChI is InChI=1S/C19H19F2N5O/c1-12-8-23-16(9-22-12)19-24-18(25-27-19)14-5-3-7-26(11-14)10-13-4-2-6-15(20)17(13)21/h2,4,6,8-9,14H,3,5,7,10-11H2,1H3/t14-/m0/s1. The van der Waals surface area contributed by atoms with E-state index in [0.717, 1.165) is 31.1 Å². The van der Waals surface area contributed by atoms with E-state index >= 15 is 0 Å². The van der Waals surface area contributed by atoms with Crippen molar-refractivity contribution in [1.82, 2.24) is 25.0 Å². The van der Waals surface area contributed by atoms with E-state index in [1.807, 2.05) is 6.92 Å². The molecular formula is C19H19F2N5O. The molecular weight excluding hydrogens is 352 g/mol. The highest BCUT2D eigenvalue weighted by molar-refractivity contribution is 5.44. The number of hydrogen-bond donors (Lipinski definition) is 0. The summed E-state index contributed by atoms with van der Waals surface area (Å²) in [5.74, 6) is -0.573. The summed E-state index contributed by atoms with van der Waals surface area (Å²) >= 11 is 0. The summed E-state index contributed by atoms with van der Waals surface area (Å²) in [7, 11) is 0. The molecule has 0 spiro atoms. The molecule has 3 heterocycles. The van der Waals surface area contributed by atoms with Gasteiger partial charge < -0.3 is 4.52 Å². The first-order valence-electron chi connectivity index (χ1n) is 8.88. The molecule has 1 atom stereocenters. The monoisotopic (exact) mass is 371 g/mol. The van der Waals surface area contributed by atoms with E-state index in [4.69, 9.17) is 4.52 Å². The number of halogens is 2. The van der Waals surface area contributed by atoms with Gasteiger partial charge in [0.25, 0.3) is 5.89 Å². The van der Waals surface area contributed by atoms with Crippen molar-refractivity contribution < 1.29 is 13.3 Å². The fourth-order valence-corrected chi connectivity index (χ4v) is 3.33. The molecule has 1 saturated heterocycles. The van der Waals surface area contributed by atoms with E-state index in [1.165, 1.54) is 6.07 Å². The van der Waals surface area contributed by atoms with Crippen LogP contribution >= 0.6 is 0 Å². The summed E-state index contributed by atoms with van der Waals surface area (Å²) in [6.07, 6.45) is 5.10. The summed E-state index contributed by atoms with van der Waals surface area (Å²) in [6, 6.07) is 4.28. The summed E-state index contributed by atoms with van der Waals surface area (Å²) in [6.45, 7) is 3.69. The molecule has 2 aromatic heterocycles. The number of benzene rings is 1. The van der Waals surface area contributed by atoms with Crippen LogP contribution in [0.1, 0.15) is 35.8 Å². The highest BCUT2D eigenvalue weighted by Crippen LogP contribution is 2.28. The maximum absolute atomic E-state index is 13.9. The lowest BCUT2D eigenvalue weighted by Crippen LogP contribution is -2.34. The quantitative estimate of drug-likeness (QED) is 0.699. The maximum atomic E-state index is 13.9. The van der Waals surface area contributed by atoms with E-state index < -0.39 is 11.6 Å². The van der Waals surface area contributed by atoms with Gasteiger partial charge in [0, 0.05) is 30.8 Å². The first-order valence-corrected chi connectivity index (χ1v) is 8.88. The number of aryl methyl sites for hydroxylation is 1. The molecule has 8 heteroatoms. The third kappa shape index (κ3) is 3.85. The Bertz CT molecular complexity index is 928. The van der Waals surface area contributed by atoms with Crippen LogP contribution in [0, 0.1) is 18.6 Å². The van der Waals surface area contributed by atoms with E-state index in [1.54, 1.807) is 18.5 Å². The molecule has 27 heavy (non-hydrogen) atoms. The second-order valence-electron chi connectivity index (χ2n) is 6.79. The zero-order chi connectivity index (χ0) is 18.8. The van der Waals surface area contributed by atoms with Crippen LogP contribution in [0.15, 0.2) is 35.1 Å². The van der Waals surface area contributed by atoms with E-state index in [2.05, 4.69) is 25.0 Å². The van der Waals surface area contributed by atoms with Crippen LogP contribution in [0.25, 0.3) is 11.6 Å². The molecule has 6 nitrogen and oxygen atoms in total. The fraction of sp³-hybridized carbons (Fsp3) is 0.368. The van der Waals surface area contributed by atoms with Gasteiger partial charge in [-0.2, -0.15) is 4.98 Å². The van der Waals surface area contributed by atoms with Gasteiger partial charge >= 0.3 is 0 Å². The van der Waals surface area contributed by atoms with Gasteiger partial charge in [-0.15, -0.1) is 0 Å². The second kappa shape index (κ2) is 7.48. The average molecular weight is 371 g/mol. The molecule has 0 saturated carbocycles. The summed E-state index contributed by atoms with van der Waals surface area (Å²) in [5, 5.41) is 4.10. The van der Waals surface area contributed by atoms with Gasteiger partial charge in [0.05, 0.1) is 11.9 Å². The van der Waals surface area contributed by atoms with E-state index in [0.29, 0.717) is 36.1 Å². The molecule has 0 amide bonds. The smallest absolute Gasteiger partial charge is 0.278 e. The van der Waals surface area contributed by atoms with Crippen molar-refractivity contribution in [3.8, 4) is 11.6 Å². The Morgan fingerprint density at radius 2 is 2.11 bits per heavy atom. The van der Waals surface area contributed by atoms with Crippen LogP contribution in [0.4, 0.5) is 8.78 Å². The molecule has 140 valence electrons. The summed E-state index contributed by atoms with van der Waals surface area (Å²) < 4.78 is 32.7. The van der Waals surface area contributed by atoms with Crippen molar-refractivity contribution in [2.45, 2.75) is 32.2 Å². The van der Waals surface area contributed by atoms with Gasteiger partial charge in [-0.1, -0.05) is 17.3 Å². The van der Waals surface area contributed by atoms with Gasteiger partial charge in [0.1, 0.15) is 5.69 Å². The van der Waals surface area contributed by atoms with Crippen LogP contribution in [-0.4, -0.2) is 38.1 Å². The van der Waals surface area contributed by atoms with Gasteiger partial charge in [-0.3, -0.25) is 9.88 Å². The number of aromatic nitrogens is 4. The maximum Gasteiger partial charge on any atom is 0.278 e. The molecule has 0 aliphatic carbocycles. The topological polar surface area (TPSA) is 67.9 Å². The van der Waals surface area contributed by atoms with Crippen molar-refractivity contribution in [3.05, 3.63) is 59.3 Å². The van der Waals surface area contributed by atoms with Crippen molar-refractivity contribution in [2.24, 2.45) is 0 Å². The van der Waals surface area contributed by atoms with Crippen molar-refractivity contribution in [1.29, 1.82) is 0 Å². The van der Waals surface area contributed by atoms with Crippen molar-refractivity contribution in [2.75, 3.05) is 13.1 Å². The Balaban J connectivity index is 1.47. The largest absolute Gasteiger partial charge is 0.332 e. The zero-order valence-electron chi connectivity index (χ0n) is 14.9. The lowest BCUT2D eigenvalue weighted by atomic mass is 9.97. The summed E-state index contributed by atoms with van der Waals surface area (Å²) in [4.78, 5) is 15.0. The molecule has 0 N–H and O–H groups in total. The normalized spacial score (nSPS) is 18.0. The van der Waals surface area contributed by atoms with Crippen LogP contribution < -0.4 is 0 Å². The molecule has 0 radical (unpaired) electrons. The van der Waals surface area contributed by atoms with Gasteiger partial charge in [0.2, 0.25) is 0 Å². The minimum Gasteiger partial charge on any atom is -0.332 e. The Hall–Kier alpha value is -2.74. The third-order valence-electron chi connectivity index (χ3n) is 4.74. The second-order valence-corrected chi connectivity index (χ2v) is 6.79. The van der Waals surface area contributed by atoms with E-state index in [9.17, 15) is 8.78 Å². The minimum atomic E-state index is -0.817. The SMILES string of the molecule is Cc1cnc(-c2nc([C@H]3CCCN(Cc4cccc(F)c4F)C3)no2)cn1. The number of rotatable bonds is 4. The van der Waals surface area contributed by atoms with Crippen molar-refractivity contribution in [3.63, 3.8) is 0 Å². The Morgan fingerprint density at radius 3 is 2.93 bits per heavy atom. The number of piperidine rings is 1. The number of nitrogens with zero attached hydrogens (tertiary/aromatic N) is 5. The lowest BCUT2D eigenvalue weighted by molar-refractivity contribution is 0.192. The molecule has 1 aliphatic heterocycles. The van der Waals surface area contributed by atoms with Gasteiger partial charge in [0.15, 0.2) is 17.5 Å². The van der Waals surface area contributed by atoms with Crippen LogP contribution in [0.5, 0.6) is 0 Å². The Kier molecular flexibility index (Phi) is 4.89. The van der Waals surface area contributed by atoms with Crippen LogP contribution in [0.2, 0.25) is 0 Å². The first kappa shape index (κ1) is 17.7. The van der Waals surface area contributed by atoms with Crippen molar-refractivity contribution >= 4 is 0 Å². The predicted octanol–water partition coefficient (Wildman–Crippen LogP) is 3.49. The Morgan fingerprint density at radius 1 is 1.22 bits per heavy atom. The lowest BCUT2D eigenvalue weighted by Gasteiger charge is -2.31. The molecule has 1 aliphatic rings. The minimum absolute atomic E-state index is 0.0753. The third-order valence-corrected chi connectivity index (χ3v) is 4.74. The number of hydrogen-bond acceptors (Lipinski definition) is 6. The van der Waals surface area contributed by atoms with E-state index in [-0.39, 0.29) is 5.92 Å².